The Morgan fingerprint density at radius 2 is 1.79 bits per heavy atom. The van der Waals surface area contributed by atoms with Crippen LogP contribution >= 0.6 is 0 Å². The van der Waals surface area contributed by atoms with E-state index in [0.29, 0.717) is 0 Å². The van der Waals surface area contributed by atoms with Gasteiger partial charge in [0.15, 0.2) is 0 Å². The van der Waals surface area contributed by atoms with Crippen molar-refractivity contribution in [1.29, 1.82) is 0 Å². The molecule has 0 saturated carbocycles. The second kappa shape index (κ2) is 10.8. The fraction of sp³-hybridized carbons (Fsp3) is 0.261. The SMILES string of the molecule is COCCOC(=O)C1=C(C)N(c2ccc(C(=O)O)cc2)C(=O)NC1c1ccccc1OC(F)F. The van der Waals surface area contributed by atoms with E-state index >= 15 is 0 Å². The van der Waals surface area contributed by atoms with Gasteiger partial charge in [-0.1, -0.05) is 18.2 Å². The molecule has 11 heteroatoms. The largest absolute Gasteiger partial charge is 0.478 e. The number of hydrogen-bond donors (Lipinski definition) is 2. The van der Waals surface area contributed by atoms with E-state index in [1.54, 1.807) is 6.07 Å². The van der Waals surface area contributed by atoms with Gasteiger partial charge in [-0.15, -0.1) is 0 Å². The van der Waals surface area contributed by atoms with Crippen molar-refractivity contribution < 1.29 is 42.5 Å². The molecule has 1 unspecified atom stereocenters. The van der Waals surface area contributed by atoms with Gasteiger partial charge in [0.05, 0.1) is 29.5 Å². The fourth-order valence-electron chi connectivity index (χ4n) is 3.52. The van der Waals surface area contributed by atoms with Crippen molar-refractivity contribution in [3.05, 3.63) is 70.9 Å². The molecule has 0 aliphatic carbocycles. The molecule has 3 rings (SSSR count). The normalized spacial score (nSPS) is 15.9. The number of ether oxygens (including phenoxy) is 3. The maximum atomic E-state index is 13.1. The summed E-state index contributed by atoms with van der Waals surface area (Å²) in [5.41, 5.74) is 0.597. The van der Waals surface area contributed by atoms with Gasteiger partial charge >= 0.3 is 24.6 Å². The highest BCUT2D eigenvalue weighted by molar-refractivity contribution is 6.03. The Morgan fingerprint density at radius 1 is 1.12 bits per heavy atom. The van der Waals surface area contributed by atoms with Gasteiger partial charge in [-0.25, -0.2) is 14.4 Å². The van der Waals surface area contributed by atoms with E-state index in [2.05, 4.69) is 10.1 Å². The van der Waals surface area contributed by atoms with Gasteiger partial charge in [-0.3, -0.25) is 4.90 Å². The Balaban J connectivity index is 2.10. The van der Waals surface area contributed by atoms with Crippen molar-refractivity contribution in [2.45, 2.75) is 19.6 Å². The molecular formula is C23H22F2N2O7. The van der Waals surface area contributed by atoms with Crippen molar-refractivity contribution in [2.24, 2.45) is 0 Å². The van der Waals surface area contributed by atoms with Crippen LogP contribution in [0.15, 0.2) is 59.8 Å². The van der Waals surface area contributed by atoms with Crippen molar-refractivity contribution in [3.8, 4) is 5.75 Å². The van der Waals surface area contributed by atoms with Gasteiger partial charge in [-0.05, 0) is 37.3 Å². The Morgan fingerprint density at radius 3 is 2.41 bits per heavy atom. The second-order valence-electron chi connectivity index (χ2n) is 7.11. The Labute approximate surface area is 193 Å². The minimum Gasteiger partial charge on any atom is -0.478 e. The first-order valence-corrected chi connectivity index (χ1v) is 10.1. The number of halogens is 2. The van der Waals surface area contributed by atoms with Gasteiger partial charge in [0.2, 0.25) is 0 Å². The van der Waals surface area contributed by atoms with Crippen molar-refractivity contribution in [1.82, 2.24) is 5.32 Å². The monoisotopic (exact) mass is 476 g/mol. The van der Waals surface area contributed by atoms with E-state index < -0.39 is 30.6 Å². The summed E-state index contributed by atoms with van der Waals surface area (Å²) in [4.78, 5) is 38.4. The molecule has 9 nitrogen and oxygen atoms in total. The van der Waals surface area contributed by atoms with Crippen molar-refractivity contribution in [3.63, 3.8) is 0 Å². The number of carboxylic acids is 1. The number of carbonyl (C=O) groups excluding carboxylic acids is 2. The lowest BCUT2D eigenvalue weighted by Crippen LogP contribution is -2.48. The molecule has 0 spiro atoms. The standard InChI is InChI=1S/C23H22F2N2O7/c1-13-18(21(30)33-12-11-32-2)19(16-5-3-4-6-17(16)34-22(24)25)26-23(31)27(13)15-9-7-14(8-10-15)20(28)29/h3-10,19,22H,11-12H2,1-2H3,(H,26,31)(H,28,29). The van der Waals surface area contributed by atoms with Crippen LogP contribution in [0, 0.1) is 0 Å². The summed E-state index contributed by atoms with van der Waals surface area (Å²) in [7, 11) is 1.43. The maximum absolute atomic E-state index is 13.1. The van der Waals surface area contributed by atoms with Gasteiger partial charge in [-0.2, -0.15) is 8.78 Å². The zero-order valence-electron chi connectivity index (χ0n) is 18.3. The van der Waals surface area contributed by atoms with E-state index in [9.17, 15) is 23.2 Å². The van der Waals surface area contributed by atoms with Crippen LogP contribution in [0.1, 0.15) is 28.9 Å². The average molecular weight is 476 g/mol. The maximum Gasteiger partial charge on any atom is 0.387 e. The predicted octanol–water partition coefficient (Wildman–Crippen LogP) is 3.72. The summed E-state index contributed by atoms with van der Waals surface area (Å²) in [6.07, 6.45) is 0. The van der Waals surface area contributed by atoms with E-state index in [0.717, 1.165) is 0 Å². The number of methoxy groups -OCH3 is 1. The Hall–Kier alpha value is -3.99. The fourth-order valence-corrected chi connectivity index (χ4v) is 3.52. The van der Waals surface area contributed by atoms with Crippen LogP contribution in [0.25, 0.3) is 0 Å². The molecule has 2 N–H and O–H groups in total. The lowest BCUT2D eigenvalue weighted by atomic mass is 9.94. The molecule has 0 aromatic heterocycles. The van der Waals surface area contributed by atoms with Crippen molar-refractivity contribution >= 4 is 23.7 Å². The van der Waals surface area contributed by atoms with Crippen LogP contribution in [0.5, 0.6) is 5.75 Å². The Bertz CT molecular complexity index is 1100. The summed E-state index contributed by atoms with van der Waals surface area (Å²) < 4.78 is 40.7. The summed E-state index contributed by atoms with van der Waals surface area (Å²) in [5, 5.41) is 11.8. The highest BCUT2D eigenvalue weighted by Gasteiger charge is 2.38. The molecular weight excluding hydrogens is 454 g/mol. The lowest BCUT2D eigenvalue weighted by molar-refractivity contribution is -0.140. The molecule has 34 heavy (non-hydrogen) atoms. The lowest BCUT2D eigenvalue weighted by Gasteiger charge is -2.35. The zero-order chi connectivity index (χ0) is 24.8. The van der Waals surface area contributed by atoms with Crippen LogP contribution in [0.3, 0.4) is 0 Å². The molecule has 2 aromatic rings. The zero-order valence-corrected chi connectivity index (χ0v) is 18.3. The van der Waals surface area contributed by atoms with E-state index in [1.165, 1.54) is 61.4 Å². The molecule has 1 aliphatic heterocycles. The van der Waals surface area contributed by atoms with Crippen LogP contribution in [0.4, 0.5) is 19.3 Å². The average Bonchev–Trinajstić information content (AvgIpc) is 2.79. The minimum atomic E-state index is -3.12. The van der Waals surface area contributed by atoms with Crippen LogP contribution in [0.2, 0.25) is 0 Å². The number of benzene rings is 2. The second-order valence-corrected chi connectivity index (χ2v) is 7.11. The summed E-state index contributed by atoms with van der Waals surface area (Å²) in [6, 6.07) is 9.43. The number of anilines is 1. The number of esters is 1. The first-order chi connectivity index (χ1) is 16.2. The Kier molecular flexibility index (Phi) is 7.79. The number of carboxylic acid groups (broad SMARTS) is 1. The third kappa shape index (κ3) is 5.31. The molecule has 2 amide bonds. The third-order valence-corrected chi connectivity index (χ3v) is 5.04. The molecule has 0 bridgehead atoms. The smallest absolute Gasteiger partial charge is 0.387 e. The number of allylic oxidation sites excluding steroid dienone is 1. The van der Waals surface area contributed by atoms with Crippen LogP contribution in [-0.2, 0) is 14.3 Å². The quantitative estimate of drug-likeness (QED) is 0.419. The number of rotatable bonds is 9. The summed E-state index contributed by atoms with van der Waals surface area (Å²) in [6.45, 7) is -1.57. The molecule has 1 aliphatic rings. The highest BCUT2D eigenvalue weighted by atomic mass is 19.3. The number of amides is 2. The number of alkyl halides is 2. The molecule has 0 radical (unpaired) electrons. The number of carbonyl (C=O) groups is 3. The summed E-state index contributed by atoms with van der Waals surface area (Å²) in [5.74, 6) is -2.14. The van der Waals surface area contributed by atoms with E-state index in [-0.39, 0.29) is 47.0 Å². The third-order valence-electron chi connectivity index (χ3n) is 5.04. The topological polar surface area (TPSA) is 114 Å². The van der Waals surface area contributed by atoms with Gasteiger partial charge in [0.1, 0.15) is 12.4 Å². The first kappa shape index (κ1) is 24.6. The predicted molar refractivity (Wildman–Crippen MR) is 116 cm³/mol. The van der Waals surface area contributed by atoms with Crippen molar-refractivity contribution in [2.75, 3.05) is 25.2 Å². The van der Waals surface area contributed by atoms with Crippen LogP contribution in [-0.4, -0.2) is 50.0 Å². The van der Waals surface area contributed by atoms with Gasteiger partial charge in [0.25, 0.3) is 0 Å². The first-order valence-electron chi connectivity index (χ1n) is 10.1. The van der Waals surface area contributed by atoms with Gasteiger partial charge in [0, 0.05) is 18.4 Å². The molecule has 1 atom stereocenters. The molecule has 2 aromatic carbocycles. The van der Waals surface area contributed by atoms with E-state index in [1.807, 2.05) is 0 Å². The van der Waals surface area contributed by atoms with Gasteiger partial charge < -0.3 is 24.6 Å². The molecule has 0 fully saturated rings. The molecule has 0 saturated heterocycles. The summed E-state index contributed by atoms with van der Waals surface area (Å²) >= 11 is 0. The number of urea groups is 1. The highest BCUT2D eigenvalue weighted by Crippen LogP contribution is 2.38. The molecule has 1 heterocycles. The van der Waals surface area contributed by atoms with Crippen LogP contribution < -0.4 is 15.0 Å². The number of hydrogen-bond acceptors (Lipinski definition) is 6. The number of para-hydroxylation sites is 1. The van der Waals surface area contributed by atoms with E-state index in [4.69, 9.17) is 14.6 Å². The number of aromatic carboxylic acids is 1. The molecule has 180 valence electrons. The minimum absolute atomic E-state index is 0.0108. The number of nitrogens with zero attached hydrogens (tertiary/aromatic N) is 1. The number of nitrogens with one attached hydrogen (secondary N) is 1.